The van der Waals surface area contributed by atoms with Crippen molar-refractivity contribution >= 4 is 17.7 Å². The van der Waals surface area contributed by atoms with E-state index in [9.17, 15) is 9.59 Å². The average Bonchev–Trinajstić information content (AvgIpc) is 3.14. The molecule has 3 rings (SSSR count). The second-order valence-corrected chi connectivity index (χ2v) is 7.38. The molecule has 1 amide bonds. The van der Waals surface area contributed by atoms with Crippen molar-refractivity contribution in [2.45, 2.75) is 38.1 Å². The molecule has 1 heterocycles. The summed E-state index contributed by atoms with van der Waals surface area (Å²) >= 11 is 0. The van der Waals surface area contributed by atoms with Crippen molar-refractivity contribution in [3.8, 4) is 5.75 Å². The van der Waals surface area contributed by atoms with E-state index >= 15 is 0 Å². The van der Waals surface area contributed by atoms with Crippen LogP contribution in [0.5, 0.6) is 5.75 Å². The molecule has 1 fully saturated rings. The molecule has 0 bridgehead atoms. The van der Waals surface area contributed by atoms with E-state index in [4.69, 9.17) is 14.2 Å². The predicted octanol–water partition coefficient (Wildman–Crippen LogP) is 3.47. The number of amides is 1. The third kappa shape index (κ3) is 4.50. The molecule has 0 spiro atoms. The maximum Gasteiger partial charge on any atom is 0.411 e. The van der Waals surface area contributed by atoms with Crippen molar-refractivity contribution < 1.29 is 23.8 Å². The number of esters is 1. The zero-order chi connectivity index (χ0) is 21.7. The maximum atomic E-state index is 12.9. The summed E-state index contributed by atoms with van der Waals surface area (Å²) in [5, 5.41) is 0. The number of methoxy groups -OCH3 is 2. The minimum absolute atomic E-state index is 0.149. The molecular weight excluding hydrogens is 384 g/mol. The Labute approximate surface area is 177 Å². The number of hydrogen-bond acceptors (Lipinski definition) is 6. The lowest BCUT2D eigenvalue weighted by molar-refractivity contribution is -0.146. The van der Waals surface area contributed by atoms with E-state index in [0.29, 0.717) is 6.42 Å². The molecule has 2 aromatic rings. The summed E-state index contributed by atoms with van der Waals surface area (Å²) in [5.74, 6) is 0.295. The van der Waals surface area contributed by atoms with E-state index in [1.54, 1.807) is 7.11 Å². The normalized spacial score (nSPS) is 20.5. The molecular formula is C23H28N2O5. The predicted molar refractivity (Wildman–Crippen MR) is 114 cm³/mol. The highest BCUT2D eigenvalue weighted by Crippen LogP contribution is 2.33. The molecule has 3 atom stereocenters. The van der Waals surface area contributed by atoms with Gasteiger partial charge in [0.25, 0.3) is 0 Å². The Balaban J connectivity index is 1.79. The van der Waals surface area contributed by atoms with Crippen molar-refractivity contribution in [2.75, 3.05) is 26.2 Å². The molecule has 2 aromatic carbocycles. The lowest BCUT2D eigenvalue weighted by Crippen LogP contribution is -2.51. The Kier molecular flexibility index (Phi) is 6.82. The molecule has 1 aliphatic heterocycles. The number of anilines is 1. The van der Waals surface area contributed by atoms with Gasteiger partial charge in [-0.1, -0.05) is 30.3 Å². The van der Waals surface area contributed by atoms with E-state index in [1.165, 1.54) is 12.0 Å². The van der Waals surface area contributed by atoms with E-state index in [2.05, 4.69) is 0 Å². The van der Waals surface area contributed by atoms with Crippen LogP contribution in [-0.4, -0.2) is 56.4 Å². The van der Waals surface area contributed by atoms with E-state index in [-0.39, 0.29) is 18.7 Å². The Hall–Kier alpha value is -3.22. The first-order valence-corrected chi connectivity index (χ1v) is 9.90. The summed E-state index contributed by atoms with van der Waals surface area (Å²) < 4.78 is 15.8. The van der Waals surface area contributed by atoms with Gasteiger partial charge in [0.15, 0.2) is 6.04 Å². The molecule has 7 heteroatoms. The van der Waals surface area contributed by atoms with Crippen LogP contribution in [0.3, 0.4) is 0 Å². The smallest absolute Gasteiger partial charge is 0.411 e. The van der Waals surface area contributed by atoms with Gasteiger partial charge >= 0.3 is 12.1 Å². The van der Waals surface area contributed by atoms with Gasteiger partial charge in [0, 0.05) is 18.8 Å². The Morgan fingerprint density at radius 2 is 1.73 bits per heavy atom. The van der Waals surface area contributed by atoms with Gasteiger partial charge in [0.05, 0.1) is 20.3 Å². The fraction of sp³-hybridized carbons (Fsp3) is 0.391. The second-order valence-electron chi connectivity index (χ2n) is 7.38. The van der Waals surface area contributed by atoms with Gasteiger partial charge in [-0.15, -0.1) is 0 Å². The summed E-state index contributed by atoms with van der Waals surface area (Å²) in [7, 11) is 4.86. The number of likely N-dealkylation sites (N-methyl/N-ethyl adjacent to an activating group) is 1. The Morgan fingerprint density at radius 3 is 2.33 bits per heavy atom. The zero-order valence-corrected chi connectivity index (χ0v) is 17.8. The van der Waals surface area contributed by atoms with Crippen molar-refractivity contribution in [1.29, 1.82) is 0 Å². The molecule has 1 aliphatic rings. The molecule has 1 saturated heterocycles. The van der Waals surface area contributed by atoms with E-state index < -0.39 is 18.1 Å². The lowest BCUT2D eigenvalue weighted by atomic mass is 10.1. The number of nitrogens with zero attached hydrogens (tertiary/aromatic N) is 2. The quantitative estimate of drug-likeness (QED) is 0.677. The Bertz CT molecular complexity index is 856. The standard InChI is InChI=1S/C23H28N2O5/c1-16-14-20(24(2)18-10-12-19(28-3)13-11-18)21(22(26)29-4)25(16)23(27)30-15-17-8-6-5-7-9-17/h5-13,16,20-21H,14-15H2,1-4H3/t16-,20?,21?/m1/s1. The Morgan fingerprint density at radius 1 is 1.07 bits per heavy atom. The molecule has 160 valence electrons. The topological polar surface area (TPSA) is 68.3 Å². The van der Waals surface area contributed by atoms with Gasteiger partial charge in [-0.25, -0.2) is 9.59 Å². The van der Waals surface area contributed by atoms with Crippen LogP contribution in [0.2, 0.25) is 0 Å². The number of ether oxygens (including phenoxy) is 3. The van der Waals surface area contributed by atoms with Crippen molar-refractivity contribution in [3.05, 3.63) is 60.2 Å². The monoisotopic (exact) mass is 412 g/mol. The molecule has 0 aromatic heterocycles. The molecule has 7 nitrogen and oxygen atoms in total. The third-order valence-electron chi connectivity index (χ3n) is 5.56. The molecule has 0 saturated carbocycles. The largest absolute Gasteiger partial charge is 0.497 e. The number of carbonyl (C=O) groups excluding carboxylic acids is 2. The van der Waals surface area contributed by atoms with Crippen molar-refractivity contribution in [2.24, 2.45) is 0 Å². The van der Waals surface area contributed by atoms with E-state index in [0.717, 1.165) is 17.0 Å². The number of hydrogen-bond donors (Lipinski definition) is 0. The van der Waals surface area contributed by atoms with Crippen molar-refractivity contribution in [3.63, 3.8) is 0 Å². The van der Waals surface area contributed by atoms with Crippen LogP contribution in [0, 0.1) is 0 Å². The summed E-state index contributed by atoms with van der Waals surface area (Å²) in [6.45, 7) is 2.07. The zero-order valence-electron chi connectivity index (χ0n) is 17.8. The van der Waals surface area contributed by atoms with Crippen LogP contribution in [0.1, 0.15) is 18.9 Å². The van der Waals surface area contributed by atoms with Crippen LogP contribution in [0.25, 0.3) is 0 Å². The fourth-order valence-electron chi connectivity index (χ4n) is 3.91. The lowest BCUT2D eigenvalue weighted by Gasteiger charge is -2.32. The molecule has 30 heavy (non-hydrogen) atoms. The second kappa shape index (κ2) is 9.52. The van der Waals surface area contributed by atoms with Gasteiger partial charge in [0.1, 0.15) is 12.4 Å². The van der Waals surface area contributed by atoms with Gasteiger partial charge in [-0.3, -0.25) is 4.90 Å². The van der Waals surface area contributed by atoms with Crippen LogP contribution in [0.15, 0.2) is 54.6 Å². The van der Waals surface area contributed by atoms with Gasteiger partial charge in [-0.05, 0) is 43.2 Å². The van der Waals surface area contributed by atoms with Crippen LogP contribution in [-0.2, 0) is 20.9 Å². The first kappa shape index (κ1) is 21.5. The minimum Gasteiger partial charge on any atom is -0.497 e. The highest BCUT2D eigenvalue weighted by molar-refractivity contribution is 5.84. The van der Waals surface area contributed by atoms with Crippen molar-refractivity contribution in [1.82, 2.24) is 4.90 Å². The summed E-state index contributed by atoms with van der Waals surface area (Å²) in [6, 6.07) is 15.8. The number of carbonyl (C=O) groups is 2. The highest BCUT2D eigenvalue weighted by Gasteiger charge is 2.49. The highest BCUT2D eigenvalue weighted by atomic mass is 16.6. The average molecular weight is 412 g/mol. The summed E-state index contributed by atoms with van der Waals surface area (Å²) in [4.78, 5) is 29.1. The SMILES string of the molecule is COC(=O)C1C(N(C)c2ccc(OC)cc2)C[C@@H](C)N1C(=O)OCc1ccccc1. The summed E-state index contributed by atoms with van der Waals surface area (Å²) in [6.07, 6.45) is 0.0929. The van der Waals surface area contributed by atoms with Crippen LogP contribution < -0.4 is 9.64 Å². The third-order valence-corrected chi connectivity index (χ3v) is 5.56. The van der Waals surface area contributed by atoms with Gasteiger partial charge < -0.3 is 19.1 Å². The van der Waals surface area contributed by atoms with Crippen LogP contribution in [0.4, 0.5) is 10.5 Å². The maximum absolute atomic E-state index is 12.9. The van der Waals surface area contributed by atoms with Crippen LogP contribution >= 0.6 is 0 Å². The molecule has 0 aliphatic carbocycles. The molecule has 0 N–H and O–H groups in total. The van der Waals surface area contributed by atoms with Gasteiger partial charge in [-0.2, -0.15) is 0 Å². The first-order chi connectivity index (χ1) is 14.5. The minimum atomic E-state index is -0.764. The number of benzene rings is 2. The number of rotatable bonds is 6. The number of likely N-dealkylation sites (tertiary alicyclic amines) is 1. The molecule has 0 radical (unpaired) electrons. The first-order valence-electron chi connectivity index (χ1n) is 9.90. The fourth-order valence-corrected chi connectivity index (χ4v) is 3.91. The van der Waals surface area contributed by atoms with E-state index in [1.807, 2.05) is 73.5 Å². The summed E-state index contributed by atoms with van der Waals surface area (Å²) in [5.41, 5.74) is 1.81. The molecule has 2 unspecified atom stereocenters. The van der Waals surface area contributed by atoms with Gasteiger partial charge in [0.2, 0.25) is 0 Å².